The molecule has 0 unspecified atom stereocenters. The molecule has 0 spiro atoms. The van der Waals surface area contributed by atoms with Gasteiger partial charge in [0.05, 0.1) is 11.4 Å². The quantitative estimate of drug-likeness (QED) is 0.700. The molecular formula is C13H15N3O. The van der Waals surface area contributed by atoms with E-state index in [-0.39, 0.29) is 5.75 Å². The first-order valence-electron chi connectivity index (χ1n) is 5.45. The Labute approximate surface area is 100 Å². The van der Waals surface area contributed by atoms with Crippen LogP contribution in [0.15, 0.2) is 42.6 Å². The van der Waals surface area contributed by atoms with E-state index in [9.17, 15) is 5.11 Å². The van der Waals surface area contributed by atoms with Gasteiger partial charge in [0.15, 0.2) is 0 Å². The maximum Gasteiger partial charge on any atom is 0.138 e. The Hall–Kier alpha value is -2.07. The van der Waals surface area contributed by atoms with Gasteiger partial charge in [-0.25, -0.2) is 0 Å². The zero-order valence-electron chi connectivity index (χ0n) is 9.43. The second-order valence-electron chi connectivity index (χ2n) is 3.73. The summed E-state index contributed by atoms with van der Waals surface area (Å²) in [4.78, 5) is 4.13. The fourth-order valence-corrected chi connectivity index (χ4v) is 1.57. The third kappa shape index (κ3) is 2.95. The number of phenolic OH excluding ortho intramolecular Hbond substituents is 1. The summed E-state index contributed by atoms with van der Waals surface area (Å²) in [6.45, 7) is 1.07. The molecule has 4 nitrogen and oxygen atoms in total. The molecule has 0 atom stereocenters. The molecule has 17 heavy (non-hydrogen) atoms. The molecule has 1 aromatic carbocycles. The number of hydrogen-bond donors (Lipinski definition) is 3. The number of rotatable bonds is 4. The lowest BCUT2D eigenvalue weighted by atomic mass is 10.2. The van der Waals surface area contributed by atoms with Gasteiger partial charge in [0.1, 0.15) is 5.75 Å². The first-order valence-corrected chi connectivity index (χ1v) is 5.45. The minimum Gasteiger partial charge on any atom is -0.506 e. The second kappa shape index (κ2) is 5.32. The molecule has 4 N–H and O–H groups in total. The van der Waals surface area contributed by atoms with Gasteiger partial charge >= 0.3 is 0 Å². The van der Waals surface area contributed by atoms with E-state index in [1.54, 1.807) is 18.3 Å². The predicted molar refractivity (Wildman–Crippen MR) is 67.6 cm³/mol. The van der Waals surface area contributed by atoms with Gasteiger partial charge in [-0.05, 0) is 29.8 Å². The van der Waals surface area contributed by atoms with E-state index in [2.05, 4.69) is 10.3 Å². The standard InChI is InChI=1S/C13H15N3O/c14-8-11-7-10(5-6-15-11)9-16-12-3-1-2-4-13(12)17/h1-7,16-17H,8-9,14H2. The minimum atomic E-state index is 0.251. The summed E-state index contributed by atoms with van der Waals surface area (Å²) < 4.78 is 0. The number of para-hydroxylation sites is 2. The highest BCUT2D eigenvalue weighted by molar-refractivity contribution is 5.55. The molecule has 4 heteroatoms. The number of aromatic nitrogens is 1. The zero-order valence-corrected chi connectivity index (χ0v) is 9.43. The van der Waals surface area contributed by atoms with Gasteiger partial charge in [0.2, 0.25) is 0 Å². The SMILES string of the molecule is NCc1cc(CNc2ccccc2O)ccn1. The summed E-state index contributed by atoms with van der Waals surface area (Å²) in [7, 11) is 0. The number of phenols is 1. The molecule has 1 aromatic heterocycles. The molecule has 1 heterocycles. The molecule has 0 saturated heterocycles. The highest BCUT2D eigenvalue weighted by Gasteiger charge is 1.99. The molecular weight excluding hydrogens is 214 g/mol. The molecule has 0 radical (unpaired) electrons. The van der Waals surface area contributed by atoms with Crippen LogP contribution in [0.3, 0.4) is 0 Å². The van der Waals surface area contributed by atoms with Crippen LogP contribution >= 0.6 is 0 Å². The molecule has 2 rings (SSSR count). The summed E-state index contributed by atoms with van der Waals surface area (Å²) in [6.07, 6.45) is 1.74. The fraction of sp³-hybridized carbons (Fsp3) is 0.154. The molecule has 0 saturated carbocycles. The van der Waals surface area contributed by atoms with E-state index in [0.717, 1.165) is 16.9 Å². The number of aromatic hydroxyl groups is 1. The fourth-order valence-electron chi connectivity index (χ4n) is 1.57. The van der Waals surface area contributed by atoms with Crippen LogP contribution < -0.4 is 11.1 Å². The van der Waals surface area contributed by atoms with E-state index < -0.39 is 0 Å². The predicted octanol–water partition coefficient (Wildman–Crippen LogP) is 1.86. The number of nitrogens with one attached hydrogen (secondary N) is 1. The van der Waals surface area contributed by atoms with E-state index >= 15 is 0 Å². The third-order valence-electron chi connectivity index (χ3n) is 2.48. The van der Waals surface area contributed by atoms with Crippen molar-refractivity contribution in [2.75, 3.05) is 5.32 Å². The number of nitrogens with two attached hydrogens (primary N) is 1. The van der Waals surface area contributed by atoms with Gasteiger partial charge in [-0.1, -0.05) is 12.1 Å². The number of benzene rings is 1. The minimum absolute atomic E-state index is 0.251. The molecule has 0 aliphatic carbocycles. The van der Waals surface area contributed by atoms with E-state index in [4.69, 9.17) is 5.73 Å². The van der Waals surface area contributed by atoms with Crippen molar-refractivity contribution in [3.05, 3.63) is 53.9 Å². The van der Waals surface area contributed by atoms with E-state index in [1.165, 1.54) is 0 Å². The Morgan fingerprint density at radius 1 is 1.24 bits per heavy atom. The summed E-state index contributed by atoms with van der Waals surface area (Å²) in [5, 5.41) is 12.8. The van der Waals surface area contributed by atoms with Crippen molar-refractivity contribution in [3.63, 3.8) is 0 Å². The van der Waals surface area contributed by atoms with Crippen LogP contribution in [0.1, 0.15) is 11.3 Å². The summed E-state index contributed by atoms with van der Waals surface area (Å²) in [5.74, 6) is 0.251. The first-order chi connectivity index (χ1) is 8.29. The topological polar surface area (TPSA) is 71.2 Å². The van der Waals surface area contributed by atoms with Gasteiger partial charge in [-0.3, -0.25) is 4.98 Å². The van der Waals surface area contributed by atoms with Crippen LogP contribution in [0.25, 0.3) is 0 Å². The highest BCUT2D eigenvalue weighted by Crippen LogP contribution is 2.22. The molecule has 88 valence electrons. The number of nitrogens with zero attached hydrogens (tertiary/aromatic N) is 1. The van der Waals surface area contributed by atoms with Crippen LogP contribution in [0, 0.1) is 0 Å². The maximum atomic E-state index is 9.59. The summed E-state index contributed by atoms with van der Waals surface area (Å²) in [6, 6.07) is 11.0. The average molecular weight is 229 g/mol. The van der Waals surface area contributed by atoms with Gasteiger partial charge < -0.3 is 16.2 Å². The number of pyridine rings is 1. The van der Waals surface area contributed by atoms with Gasteiger partial charge in [-0.15, -0.1) is 0 Å². The summed E-state index contributed by atoms with van der Waals surface area (Å²) in [5.41, 5.74) is 8.20. The Balaban J connectivity index is 2.05. The van der Waals surface area contributed by atoms with Crippen LogP contribution in [-0.2, 0) is 13.1 Å². The first kappa shape index (κ1) is 11.4. The lowest BCUT2D eigenvalue weighted by Gasteiger charge is -2.08. The van der Waals surface area contributed by atoms with Crippen LogP contribution in [0.5, 0.6) is 5.75 Å². The zero-order chi connectivity index (χ0) is 12.1. The Kier molecular flexibility index (Phi) is 3.57. The Morgan fingerprint density at radius 3 is 2.82 bits per heavy atom. The smallest absolute Gasteiger partial charge is 0.138 e. The number of hydrogen-bond acceptors (Lipinski definition) is 4. The molecule has 0 aliphatic heterocycles. The maximum absolute atomic E-state index is 9.59. The van der Waals surface area contributed by atoms with Crippen molar-refractivity contribution in [3.8, 4) is 5.75 Å². The number of anilines is 1. The Bertz CT molecular complexity index is 500. The molecule has 0 bridgehead atoms. The molecule has 0 amide bonds. The van der Waals surface area contributed by atoms with Crippen molar-refractivity contribution in [1.29, 1.82) is 0 Å². The van der Waals surface area contributed by atoms with Crippen LogP contribution in [0.4, 0.5) is 5.69 Å². The van der Waals surface area contributed by atoms with Gasteiger partial charge in [0.25, 0.3) is 0 Å². The highest BCUT2D eigenvalue weighted by atomic mass is 16.3. The van der Waals surface area contributed by atoms with Crippen molar-refractivity contribution in [2.24, 2.45) is 5.73 Å². The van der Waals surface area contributed by atoms with Gasteiger partial charge in [0, 0.05) is 19.3 Å². The average Bonchev–Trinajstić information content (AvgIpc) is 2.38. The van der Waals surface area contributed by atoms with Crippen molar-refractivity contribution in [1.82, 2.24) is 4.98 Å². The largest absolute Gasteiger partial charge is 0.506 e. The van der Waals surface area contributed by atoms with E-state index in [1.807, 2.05) is 24.3 Å². The lowest BCUT2D eigenvalue weighted by Crippen LogP contribution is -2.03. The lowest BCUT2D eigenvalue weighted by molar-refractivity contribution is 0.477. The Morgan fingerprint density at radius 2 is 2.06 bits per heavy atom. The normalized spacial score (nSPS) is 10.2. The monoisotopic (exact) mass is 229 g/mol. The molecule has 2 aromatic rings. The second-order valence-corrected chi connectivity index (χ2v) is 3.73. The summed E-state index contributed by atoms with van der Waals surface area (Å²) >= 11 is 0. The van der Waals surface area contributed by atoms with Crippen molar-refractivity contribution < 1.29 is 5.11 Å². The molecule has 0 aliphatic rings. The van der Waals surface area contributed by atoms with E-state index in [0.29, 0.717) is 13.1 Å². The third-order valence-corrected chi connectivity index (χ3v) is 2.48. The van der Waals surface area contributed by atoms with Crippen molar-refractivity contribution in [2.45, 2.75) is 13.1 Å². The van der Waals surface area contributed by atoms with Crippen molar-refractivity contribution >= 4 is 5.69 Å². The molecule has 0 fully saturated rings. The van der Waals surface area contributed by atoms with Gasteiger partial charge in [-0.2, -0.15) is 0 Å². The van der Waals surface area contributed by atoms with Crippen LogP contribution in [0.2, 0.25) is 0 Å². The van der Waals surface area contributed by atoms with Crippen LogP contribution in [-0.4, -0.2) is 10.1 Å².